The Morgan fingerprint density at radius 3 is 2.61 bits per heavy atom. The molecule has 6 nitrogen and oxygen atoms in total. The van der Waals surface area contributed by atoms with Crippen molar-refractivity contribution in [3.05, 3.63) is 52.7 Å². The van der Waals surface area contributed by atoms with Crippen LogP contribution in [0.3, 0.4) is 0 Å². The maximum atomic E-state index is 12.5. The average Bonchev–Trinajstić information content (AvgIpc) is 3.22. The minimum absolute atomic E-state index is 0.0257. The van der Waals surface area contributed by atoms with E-state index < -0.39 is 0 Å². The van der Waals surface area contributed by atoms with Gasteiger partial charge in [0.2, 0.25) is 0 Å². The summed E-state index contributed by atoms with van der Waals surface area (Å²) in [4.78, 5) is 32.5. The highest BCUT2D eigenvalue weighted by Gasteiger charge is 2.29. The molecule has 1 aromatic heterocycles. The van der Waals surface area contributed by atoms with E-state index in [0.29, 0.717) is 11.5 Å². The first-order valence-electron chi connectivity index (χ1n) is 10.4. The Morgan fingerprint density at radius 1 is 1.11 bits per heavy atom. The topological polar surface area (TPSA) is 78.1 Å². The number of aromatic nitrogens is 2. The zero-order valence-corrected chi connectivity index (χ0v) is 16.2. The van der Waals surface area contributed by atoms with Crippen LogP contribution in [0.5, 0.6) is 0 Å². The maximum absolute atomic E-state index is 12.5. The van der Waals surface area contributed by atoms with Crippen LogP contribution in [0, 0.1) is 5.92 Å². The molecule has 0 bridgehead atoms. The maximum Gasteiger partial charge on any atom is 0.344 e. The summed E-state index contributed by atoms with van der Waals surface area (Å²) >= 11 is 0. The fourth-order valence-electron chi connectivity index (χ4n) is 4.46. The number of nitrogens with one attached hydrogen (secondary N) is 2. The molecule has 0 radical (unpaired) electrons. The predicted molar refractivity (Wildman–Crippen MR) is 109 cm³/mol. The van der Waals surface area contributed by atoms with Crippen molar-refractivity contribution in [1.29, 1.82) is 0 Å². The van der Waals surface area contributed by atoms with Crippen molar-refractivity contribution in [3.63, 3.8) is 0 Å². The SMILES string of the molecule is O=C(NC[C@@H]1CCN(C2CCCCC2)C1)c1ccc(-c2cnc(=O)[nH]c2)cc1. The van der Waals surface area contributed by atoms with E-state index in [0.717, 1.165) is 30.3 Å². The molecule has 1 saturated carbocycles. The van der Waals surface area contributed by atoms with E-state index in [4.69, 9.17) is 0 Å². The number of nitrogens with zero attached hydrogens (tertiary/aromatic N) is 2. The Morgan fingerprint density at radius 2 is 1.89 bits per heavy atom. The minimum Gasteiger partial charge on any atom is -0.352 e. The van der Waals surface area contributed by atoms with E-state index in [1.807, 2.05) is 24.3 Å². The molecule has 1 aliphatic heterocycles. The van der Waals surface area contributed by atoms with Crippen LogP contribution in [0.4, 0.5) is 0 Å². The van der Waals surface area contributed by atoms with Crippen LogP contribution in [0.15, 0.2) is 41.5 Å². The molecule has 28 heavy (non-hydrogen) atoms. The molecule has 1 saturated heterocycles. The molecule has 4 rings (SSSR count). The number of H-pyrrole nitrogens is 1. The van der Waals surface area contributed by atoms with Crippen LogP contribution >= 0.6 is 0 Å². The average molecular weight is 380 g/mol. The van der Waals surface area contributed by atoms with E-state index in [-0.39, 0.29) is 11.6 Å². The van der Waals surface area contributed by atoms with Gasteiger partial charge in [-0.25, -0.2) is 9.78 Å². The molecule has 2 fully saturated rings. The van der Waals surface area contributed by atoms with Gasteiger partial charge in [-0.2, -0.15) is 0 Å². The zero-order valence-electron chi connectivity index (χ0n) is 16.2. The second kappa shape index (κ2) is 8.69. The van der Waals surface area contributed by atoms with Gasteiger partial charge in [0.25, 0.3) is 5.91 Å². The number of hydrogen-bond acceptors (Lipinski definition) is 4. The lowest BCUT2D eigenvalue weighted by Gasteiger charge is -2.31. The summed E-state index contributed by atoms with van der Waals surface area (Å²) in [5.41, 5.74) is 2.02. The molecular formula is C22H28N4O2. The normalized spacial score (nSPS) is 20.9. The third-order valence-corrected chi connectivity index (χ3v) is 6.11. The number of hydrogen-bond donors (Lipinski definition) is 2. The van der Waals surface area contributed by atoms with Crippen LogP contribution in [0.2, 0.25) is 0 Å². The molecule has 148 valence electrons. The van der Waals surface area contributed by atoms with Gasteiger partial charge in [0, 0.05) is 42.7 Å². The lowest BCUT2D eigenvalue weighted by molar-refractivity contribution is 0.0946. The molecule has 1 atom stereocenters. The third kappa shape index (κ3) is 4.50. The molecule has 2 heterocycles. The lowest BCUT2D eigenvalue weighted by atomic mass is 9.94. The van der Waals surface area contributed by atoms with Crippen LogP contribution in [0.25, 0.3) is 11.1 Å². The Labute approximate surface area is 165 Å². The van der Waals surface area contributed by atoms with E-state index in [1.54, 1.807) is 6.20 Å². The first-order valence-corrected chi connectivity index (χ1v) is 10.4. The molecule has 2 aliphatic rings. The van der Waals surface area contributed by atoms with Gasteiger partial charge in [-0.3, -0.25) is 4.79 Å². The molecule has 0 spiro atoms. The van der Waals surface area contributed by atoms with Gasteiger partial charge in [-0.1, -0.05) is 31.4 Å². The monoisotopic (exact) mass is 380 g/mol. The molecule has 0 unspecified atom stereocenters. The quantitative estimate of drug-likeness (QED) is 0.836. The summed E-state index contributed by atoms with van der Waals surface area (Å²) in [6.45, 7) is 3.03. The molecule has 1 aromatic carbocycles. The smallest absolute Gasteiger partial charge is 0.344 e. The standard InChI is InChI=1S/C22H28N4O2/c27-21(18-8-6-17(7-9-18)19-13-24-22(28)25-14-19)23-12-16-10-11-26(15-16)20-4-2-1-3-5-20/h6-9,13-14,16,20H,1-5,10-12,15H2,(H,23,27)(H,24,25,28)/t16-/m0/s1. The van der Waals surface area contributed by atoms with Gasteiger partial charge >= 0.3 is 5.69 Å². The summed E-state index contributed by atoms with van der Waals surface area (Å²) in [7, 11) is 0. The van der Waals surface area contributed by atoms with E-state index in [2.05, 4.69) is 20.2 Å². The van der Waals surface area contributed by atoms with Crippen LogP contribution in [0.1, 0.15) is 48.9 Å². The van der Waals surface area contributed by atoms with Crippen LogP contribution in [-0.2, 0) is 0 Å². The molecule has 1 aliphatic carbocycles. The van der Waals surface area contributed by atoms with Gasteiger partial charge < -0.3 is 15.2 Å². The summed E-state index contributed by atoms with van der Waals surface area (Å²) in [5, 5.41) is 3.11. The van der Waals surface area contributed by atoms with Gasteiger partial charge in [-0.15, -0.1) is 0 Å². The number of rotatable bonds is 5. The first-order chi connectivity index (χ1) is 13.7. The van der Waals surface area contributed by atoms with Gasteiger partial charge in [0.1, 0.15) is 0 Å². The summed E-state index contributed by atoms with van der Waals surface area (Å²) in [6, 6.07) is 8.16. The predicted octanol–water partition coefficient (Wildman–Crippen LogP) is 2.82. The van der Waals surface area contributed by atoms with E-state index in [9.17, 15) is 9.59 Å². The number of carbonyl (C=O) groups excluding carboxylic acids is 1. The van der Waals surface area contributed by atoms with Crippen molar-refractivity contribution in [2.75, 3.05) is 19.6 Å². The van der Waals surface area contributed by atoms with Gasteiger partial charge in [-0.05, 0) is 49.4 Å². The second-order valence-corrected chi connectivity index (χ2v) is 8.04. The Balaban J connectivity index is 1.28. The van der Waals surface area contributed by atoms with Crippen molar-refractivity contribution in [2.24, 2.45) is 5.92 Å². The number of amides is 1. The van der Waals surface area contributed by atoms with Crippen molar-refractivity contribution in [1.82, 2.24) is 20.2 Å². The molecule has 1 amide bonds. The van der Waals surface area contributed by atoms with Crippen molar-refractivity contribution in [3.8, 4) is 11.1 Å². The van der Waals surface area contributed by atoms with Gasteiger partial charge in [0.05, 0.1) is 0 Å². The molecule has 2 aromatic rings. The highest BCUT2D eigenvalue weighted by Crippen LogP contribution is 2.27. The van der Waals surface area contributed by atoms with E-state index >= 15 is 0 Å². The number of aromatic amines is 1. The highest BCUT2D eigenvalue weighted by atomic mass is 16.1. The Bertz CT molecular complexity index is 835. The summed E-state index contributed by atoms with van der Waals surface area (Å²) < 4.78 is 0. The summed E-state index contributed by atoms with van der Waals surface area (Å²) in [6.07, 6.45) is 11.2. The van der Waals surface area contributed by atoms with Crippen molar-refractivity contribution < 1.29 is 4.79 Å². The van der Waals surface area contributed by atoms with Crippen LogP contribution in [-0.4, -0.2) is 46.5 Å². The fourth-order valence-corrected chi connectivity index (χ4v) is 4.46. The third-order valence-electron chi connectivity index (χ3n) is 6.11. The Kier molecular flexibility index (Phi) is 5.86. The van der Waals surface area contributed by atoms with Crippen molar-refractivity contribution >= 4 is 5.91 Å². The number of carbonyl (C=O) groups is 1. The largest absolute Gasteiger partial charge is 0.352 e. The highest BCUT2D eigenvalue weighted by molar-refractivity contribution is 5.94. The van der Waals surface area contributed by atoms with Crippen molar-refractivity contribution in [2.45, 2.75) is 44.6 Å². The Hall–Kier alpha value is -2.47. The van der Waals surface area contributed by atoms with Gasteiger partial charge in [0.15, 0.2) is 0 Å². The molecule has 6 heteroatoms. The lowest BCUT2D eigenvalue weighted by Crippen LogP contribution is -2.36. The van der Waals surface area contributed by atoms with E-state index in [1.165, 1.54) is 51.3 Å². The minimum atomic E-state index is -0.367. The zero-order chi connectivity index (χ0) is 19.3. The molecule has 2 N–H and O–H groups in total. The number of benzene rings is 1. The fraction of sp³-hybridized carbons (Fsp3) is 0.500. The molecular weight excluding hydrogens is 352 g/mol. The second-order valence-electron chi connectivity index (χ2n) is 8.04. The first kappa shape index (κ1) is 18.9. The van der Waals surface area contributed by atoms with Crippen LogP contribution < -0.4 is 11.0 Å². The summed E-state index contributed by atoms with van der Waals surface area (Å²) in [5.74, 6) is 0.527. The number of likely N-dealkylation sites (tertiary alicyclic amines) is 1.